The van der Waals surface area contributed by atoms with Crippen molar-refractivity contribution in [2.75, 3.05) is 11.9 Å². The van der Waals surface area contributed by atoms with Crippen LogP contribution in [0.4, 0.5) is 5.00 Å². The second kappa shape index (κ2) is 7.68. The molecular formula is C19H14N2O4S. The van der Waals surface area contributed by atoms with Crippen LogP contribution in [0.2, 0.25) is 0 Å². The molecule has 0 saturated carbocycles. The van der Waals surface area contributed by atoms with Crippen molar-refractivity contribution in [3.63, 3.8) is 0 Å². The van der Waals surface area contributed by atoms with Crippen molar-refractivity contribution in [1.29, 1.82) is 5.26 Å². The van der Waals surface area contributed by atoms with Crippen LogP contribution < -0.4 is 5.32 Å². The van der Waals surface area contributed by atoms with Crippen LogP contribution in [-0.2, 0) is 4.74 Å². The third-order valence-electron chi connectivity index (χ3n) is 3.52. The van der Waals surface area contributed by atoms with Gasteiger partial charge in [0.05, 0.1) is 18.4 Å². The summed E-state index contributed by atoms with van der Waals surface area (Å²) in [4.78, 5) is 24.9. The molecule has 0 radical (unpaired) electrons. The number of carbonyl (C=O) groups excluding carboxylic acids is 2. The number of carbonyl (C=O) groups is 2. The summed E-state index contributed by atoms with van der Waals surface area (Å²) >= 11 is 1.01. The molecule has 26 heavy (non-hydrogen) atoms. The molecule has 1 N–H and O–H groups in total. The number of furan rings is 1. The molecule has 0 atom stereocenters. The minimum Gasteiger partial charge on any atom is -0.462 e. The Morgan fingerprint density at radius 3 is 2.62 bits per heavy atom. The predicted octanol–water partition coefficient (Wildman–Crippen LogP) is 4.31. The van der Waals surface area contributed by atoms with Gasteiger partial charge in [0, 0.05) is 5.56 Å². The minimum absolute atomic E-state index is 0.112. The van der Waals surface area contributed by atoms with Crippen molar-refractivity contribution in [1.82, 2.24) is 0 Å². The van der Waals surface area contributed by atoms with Gasteiger partial charge in [-0.1, -0.05) is 30.3 Å². The summed E-state index contributed by atoms with van der Waals surface area (Å²) in [7, 11) is 0. The van der Waals surface area contributed by atoms with Gasteiger partial charge in [0.25, 0.3) is 5.91 Å². The molecule has 0 bridgehead atoms. The van der Waals surface area contributed by atoms with Crippen LogP contribution in [0.5, 0.6) is 0 Å². The maximum atomic E-state index is 12.4. The Labute approximate surface area is 153 Å². The number of nitrogens with one attached hydrogen (secondary N) is 1. The first-order valence-electron chi connectivity index (χ1n) is 7.80. The minimum atomic E-state index is -0.536. The Hall–Kier alpha value is -3.37. The first-order chi connectivity index (χ1) is 12.7. The van der Waals surface area contributed by atoms with E-state index < -0.39 is 11.9 Å². The van der Waals surface area contributed by atoms with Gasteiger partial charge in [-0.2, -0.15) is 5.26 Å². The van der Waals surface area contributed by atoms with Crippen molar-refractivity contribution >= 4 is 28.2 Å². The predicted molar refractivity (Wildman–Crippen MR) is 97.1 cm³/mol. The summed E-state index contributed by atoms with van der Waals surface area (Å²) in [5, 5.41) is 12.6. The number of benzene rings is 1. The van der Waals surface area contributed by atoms with Gasteiger partial charge in [-0.05, 0) is 24.6 Å². The zero-order chi connectivity index (χ0) is 18.5. The molecule has 0 unspecified atom stereocenters. The molecule has 2 aromatic heterocycles. The number of nitriles is 1. The Bertz CT molecular complexity index is 969. The van der Waals surface area contributed by atoms with Crippen molar-refractivity contribution in [3.05, 3.63) is 64.9 Å². The van der Waals surface area contributed by atoms with E-state index in [-0.39, 0.29) is 27.8 Å². The van der Waals surface area contributed by atoms with E-state index in [0.29, 0.717) is 11.1 Å². The van der Waals surface area contributed by atoms with Crippen LogP contribution in [0, 0.1) is 11.3 Å². The smallest absolute Gasteiger partial charge is 0.349 e. The first-order valence-corrected chi connectivity index (χ1v) is 8.61. The Morgan fingerprint density at radius 1 is 1.23 bits per heavy atom. The summed E-state index contributed by atoms with van der Waals surface area (Å²) in [5.41, 5.74) is 1.36. The van der Waals surface area contributed by atoms with Crippen LogP contribution in [0.1, 0.15) is 32.7 Å². The van der Waals surface area contributed by atoms with Crippen molar-refractivity contribution in [2.45, 2.75) is 6.92 Å². The summed E-state index contributed by atoms with van der Waals surface area (Å²) in [6.45, 7) is 1.92. The molecule has 6 nitrogen and oxygen atoms in total. The van der Waals surface area contributed by atoms with Gasteiger partial charge in [0.2, 0.25) is 0 Å². The lowest BCUT2D eigenvalue weighted by atomic mass is 10.0. The van der Waals surface area contributed by atoms with Gasteiger partial charge in [0.15, 0.2) is 5.76 Å². The number of nitrogens with zero attached hydrogens (tertiary/aromatic N) is 1. The molecule has 3 aromatic rings. The molecule has 130 valence electrons. The molecular weight excluding hydrogens is 352 g/mol. The van der Waals surface area contributed by atoms with E-state index in [0.717, 1.165) is 11.3 Å². The fourth-order valence-corrected chi connectivity index (χ4v) is 3.48. The number of rotatable bonds is 5. The third-order valence-corrected chi connectivity index (χ3v) is 4.60. The molecule has 1 aromatic carbocycles. The second-order valence-corrected chi connectivity index (χ2v) is 6.16. The van der Waals surface area contributed by atoms with E-state index in [1.54, 1.807) is 25.1 Å². The molecule has 3 rings (SSSR count). The molecule has 7 heteroatoms. The molecule has 1 amide bonds. The summed E-state index contributed by atoms with van der Waals surface area (Å²) in [6.07, 6.45) is 1.38. The fourth-order valence-electron chi connectivity index (χ4n) is 2.42. The summed E-state index contributed by atoms with van der Waals surface area (Å²) in [6, 6.07) is 14.2. The molecule has 0 spiro atoms. The van der Waals surface area contributed by atoms with E-state index in [2.05, 4.69) is 11.4 Å². The normalized spacial score (nSPS) is 10.2. The third kappa shape index (κ3) is 3.36. The van der Waals surface area contributed by atoms with Crippen LogP contribution in [0.25, 0.3) is 11.1 Å². The molecule has 0 fully saturated rings. The SMILES string of the molecule is CCOC(=O)c1sc(NC(=O)c2ccco2)c(C#N)c1-c1ccccc1. The van der Waals surface area contributed by atoms with E-state index >= 15 is 0 Å². The van der Waals surface area contributed by atoms with Gasteiger partial charge in [-0.25, -0.2) is 4.79 Å². The lowest BCUT2D eigenvalue weighted by Gasteiger charge is -2.04. The van der Waals surface area contributed by atoms with E-state index in [1.165, 1.54) is 12.3 Å². The Morgan fingerprint density at radius 2 is 2.00 bits per heavy atom. The van der Waals surface area contributed by atoms with Gasteiger partial charge in [0.1, 0.15) is 15.9 Å². The van der Waals surface area contributed by atoms with E-state index in [4.69, 9.17) is 9.15 Å². The quantitative estimate of drug-likeness (QED) is 0.679. The highest BCUT2D eigenvalue weighted by atomic mass is 32.1. The zero-order valence-electron chi connectivity index (χ0n) is 13.8. The monoisotopic (exact) mass is 366 g/mol. The Balaban J connectivity index is 2.10. The fraction of sp³-hybridized carbons (Fsp3) is 0.105. The van der Waals surface area contributed by atoms with E-state index in [1.807, 2.05) is 18.2 Å². The van der Waals surface area contributed by atoms with E-state index in [9.17, 15) is 14.9 Å². The van der Waals surface area contributed by atoms with Gasteiger partial charge >= 0.3 is 5.97 Å². The van der Waals surface area contributed by atoms with Crippen LogP contribution >= 0.6 is 11.3 Å². The van der Waals surface area contributed by atoms with Crippen LogP contribution in [0.15, 0.2) is 53.1 Å². The molecule has 0 aliphatic carbocycles. The van der Waals surface area contributed by atoms with Crippen molar-refractivity contribution < 1.29 is 18.7 Å². The summed E-state index contributed by atoms with van der Waals surface area (Å²) < 4.78 is 10.2. The zero-order valence-corrected chi connectivity index (χ0v) is 14.6. The topological polar surface area (TPSA) is 92.3 Å². The first kappa shape index (κ1) is 17.5. The van der Waals surface area contributed by atoms with Crippen LogP contribution in [-0.4, -0.2) is 18.5 Å². The maximum Gasteiger partial charge on any atom is 0.349 e. The molecule has 2 heterocycles. The maximum absolute atomic E-state index is 12.4. The van der Waals surface area contributed by atoms with Crippen molar-refractivity contribution in [2.24, 2.45) is 0 Å². The highest BCUT2D eigenvalue weighted by Gasteiger charge is 2.26. The highest BCUT2D eigenvalue weighted by Crippen LogP contribution is 2.40. The summed E-state index contributed by atoms with van der Waals surface area (Å²) in [5.74, 6) is -0.921. The molecule has 0 aliphatic rings. The largest absolute Gasteiger partial charge is 0.462 e. The number of ether oxygens (including phenoxy) is 1. The molecule has 0 saturated heterocycles. The average molecular weight is 366 g/mol. The highest BCUT2D eigenvalue weighted by molar-refractivity contribution is 7.19. The van der Waals surface area contributed by atoms with Gasteiger partial charge in [-0.15, -0.1) is 11.3 Å². The van der Waals surface area contributed by atoms with Gasteiger partial charge < -0.3 is 14.5 Å². The second-order valence-electron chi connectivity index (χ2n) is 5.14. The average Bonchev–Trinajstić information content (AvgIpc) is 3.30. The lowest BCUT2D eigenvalue weighted by Crippen LogP contribution is -2.10. The van der Waals surface area contributed by atoms with Crippen molar-refractivity contribution in [3.8, 4) is 17.2 Å². The lowest BCUT2D eigenvalue weighted by molar-refractivity contribution is 0.0532. The number of anilines is 1. The standard InChI is InChI=1S/C19H14N2O4S/c1-2-24-19(23)16-15(12-7-4-3-5-8-12)13(11-20)18(26-16)21-17(22)14-9-6-10-25-14/h3-10H,2H2,1H3,(H,21,22). The Kier molecular flexibility index (Phi) is 5.15. The number of hydrogen-bond acceptors (Lipinski definition) is 6. The number of esters is 1. The number of amides is 1. The van der Waals surface area contributed by atoms with Crippen LogP contribution in [0.3, 0.4) is 0 Å². The molecule has 0 aliphatic heterocycles. The number of thiophene rings is 1. The van der Waals surface area contributed by atoms with Gasteiger partial charge in [-0.3, -0.25) is 4.79 Å². The number of hydrogen-bond donors (Lipinski definition) is 1.